The Bertz CT molecular complexity index is 333. The van der Waals surface area contributed by atoms with E-state index in [1.54, 1.807) is 0 Å². The minimum atomic E-state index is 0. The van der Waals surface area contributed by atoms with Crippen LogP contribution in [0.15, 0.2) is 24.3 Å². The lowest BCUT2D eigenvalue weighted by molar-refractivity contribution is -0.00000368. The molecule has 0 fully saturated rings. The van der Waals surface area contributed by atoms with Crippen LogP contribution in [0.3, 0.4) is 0 Å². The maximum absolute atomic E-state index is 3.61. The Morgan fingerprint density at radius 1 is 1.27 bits per heavy atom. The molecule has 2 rings (SSSR count). The summed E-state index contributed by atoms with van der Waals surface area (Å²) in [4.78, 5) is 0. The van der Waals surface area contributed by atoms with Gasteiger partial charge in [0.25, 0.3) is 0 Å². The van der Waals surface area contributed by atoms with E-state index in [9.17, 15) is 0 Å². The van der Waals surface area contributed by atoms with E-state index in [-0.39, 0.29) is 17.9 Å². The molecular weight excluding hydrogens is 206 g/mol. The molecular formula is C13H19ClN-. The molecule has 0 saturated carbocycles. The molecule has 1 unspecified atom stereocenters. The van der Waals surface area contributed by atoms with Crippen molar-refractivity contribution in [3.63, 3.8) is 0 Å². The minimum absolute atomic E-state index is 0. The van der Waals surface area contributed by atoms with E-state index in [0.29, 0.717) is 5.92 Å². The molecule has 1 aliphatic rings. The molecule has 1 atom stereocenters. The fourth-order valence-corrected chi connectivity index (χ4v) is 2.46. The van der Waals surface area contributed by atoms with Crippen molar-refractivity contribution in [3.8, 4) is 0 Å². The maximum atomic E-state index is 3.61. The van der Waals surface area contributed by atoms with E-state index < -0.39 is 0 Å². The summed E-state index contributed by atoms with van der Waals surface area (Å²) in [7, 11) is 0. The first kappa shape index (κ1) is 12.5. The Labute approximate surface area is 98.7 Å². The van der Waals surface area contributed by atoms with Gasteiger partial charge in [-0.05, 0) is 37.3 Å². The van der Waals surface area contributed by atoms with E-state index in [4.69, 9.17) is 0 Å². The Morgan fingerprint density at radius 2 is 1.93 bits per heavy atom. The van der Waals surface area contributed by atoms with Crippen molar-refractivity contribution in [1.29, 1.82) is 0 Å². The third kappa shape index (κ3) is 2.73. The van der Waals surface area contributed by atoms with Gasteiger partial charge < -0.3 is 17.7 Å². The molecule has 1 aromatic carbocycles. The second-order valence-corrected chi connectivity index (χ2v) is 5.04. The van der Waals surface area contributed by atoms with Gasteiger partial charge in [0.15, 0.2) is 0 Å². The van der Waals surface area contributed by atoms with Crippen molar-refractivity contribution in [2.75, 3.05) is 0 Å². The van der Waals surface area contributed by atoms with Gasteiger partial charge in [0.1, 0.15) is 0 Å². The third-order valence-corrected chi connectivity index (χ3v) is 3.16. The van der Waals surface area contributed by atoms with Gasteiger partial charge in [0, 0.05) is 12.1 Å². The van der Waals surface area contributed by atoms with Crippen LogP contribution in [0.25, 0.3) is 0 Å². The standard InChI is InChI=1S/C13H19N.ClH/c1-10-8-13(2,3)14-9-11-6-4-5-7-12(10)11;/h4-7,10,14H,8-9H2,1-3H3;1H/p-1. The summed E-state index contributed by atoms with van der Waals surface area (Å²) in [5, 5.41) is 3.61. The van der Waals surface area contributed by atoms with Gasteiger partial charge in [-0.1, -0.05) is 31.2 Å². The fraction of sp³-hybridized carbons (Fsp3) is 0.538. The van der Waals surface area contributed by atoms with E-state index in [2.05, 4.69) is 50.4 Å². The van der Waals surface area contributed by atoms with Crippen molar-refractivity contribution in [2.24, 2.45) is 0 Å². The van der Waals surface area contributed by atoms with Crippen LogP contribution >= 0.6 is 0 Å². The summed E-state index contributed by atoms with van der Waals surface area (Å²) in [5.74, 6) is 0.663. The lowest BCUT2D eigenvalue weighted by Gasteiger charge is -2.26. The number of benzene rings is 1. The number of hydrogen-bond donors (Lipinski definition) is 1. The predicted octanol–water partition coefficient (Wildman–Crippen LogP) is 0.0660. The SMILES string of the molecule is CC1CC(C)(C)NCc2ccccc21.[Cl-]. The highest BCUT2D eigenvalue weighted by molar-refractivity contribution is 5.31. The Balaban J connectivity index is 0.00000112. The molecule has 1 aromatic rings. The highest BCUT2D eigenvalue weighted by atomic mass is 35.5. The van der Waals surface area contributed by atoms with Crippen molar-refractivity contribution in [1.82, 2.24) is 5.32 Å². The van der Waals surface area contributed by atoms with Gasteiger partial charge in [0.2, 0.25) is 0 Å². The first-order chi connectivity index (χ1) is 6.58. The van der Waals surface area contributed by atoms with Crippen LogP contribution in [0.1, 0.15) is 44.2 Å². The zero-order valence-corrected chi connectivity index (χ0v) is 10.4. The molecule has 0 radical (unpaired) electrons. The summed E-state index contributed by atoms with van der Waals surface area (Å²) >= 11 is 0. The monoisotopic (exact) mass is 224 g/mol. The molecule has 15 heavy (non-hydrogen) atoms. The molecule has 0 amide bonds. The van der Waals surface area contributed by atoms with Gasteiger partial charge in [-0.15, -0.1) is 0 Å². The molecule has 0 saturated heterocycles. The number of halogens is 1. The number of fused-ring (bicyclic) bond motifs is 1. The zero-order chi connectivity index (χ0) is 10.2. The fourth-order valence-electron chi connectivity index (χ4n) is 2.46. The van der Waals surface area contributed by atoms with Crippen LogP contribution in [0.5, 0.6) is 0 Å². The Morgan fingerprint density at radius 3 is 2.67 bits per heavy atom. The van der Waals surface area contributed by atoms with Crippen molar-refractivity contribution in [3.05, 3.63) is 35.4 Å². The molecule has 0 bridgehead atoms. The average molecular weight is 225 g/mol. The maximum Gasteiger partial charge on any atom is 0.0213 e. The van der Waals surface area contributed by atoms with Crippen LogP contribution < -0.4 is 17.7 Å². The molecule has 84 valence electrons. The normalized spacial score (nSPS) is 23.5. The highest BCUT2D eigenvalue weighted by Crippen LogP contribution is 2.31. The van der Waals surface area contributed by atoms with Crippen molar-refractivity contribution < 1.29 is 12.4 Å². The summed E-state index contributed by atoms with van der Waals surface area (Å²) < 4.78 is 0. The molecule has 0 aliphatic carbocycles. The smallest absolute Gasteiger partial charge is 0.0213 e. The van der Waals surface area contributed by atoms with E-state index >= 15 is 0 Å². The second kappa shape index (κ2) is 4.54. The zero-order valence-electron chi connectivity index (χ0n) is 9.68. The summed E-state index contributed by atoms with van der Waals surface area (Å²) in [6.07, 6.45) is 1.21. The third-order valence-electron chi connectivity index (χ3n) is 3.16. The quantitative estimate of drug-likeness (QED) is 0.658. The molecule has 1 nitrogen and oxygen atoms in total. The van der Waals surface area contributed by atoms with Crippen LogP contribution in [-0.4, -0.2) is 5.54 Å². The van der Waals surface area contributed by atoms with Crippen LogP contribution in [0.2, 0.25) is 0 Å². The summed E-state index contributed by atoms with van der Waals surface area (Å²) in [6, 6.07) is 8.78. The van der Waals surface area contributed by atoms with E-state index in [1.165, 1.54) is 17.5 Å². The molecule has 2 heteroatoms. The van der Waals surface area contributed by atoms with E-state index in [1.807, 2.05) is 0 Å². The van der Waals surface area contributed by atoms with Gasteiger partial charge in [-0.25, -0.2) is 0 Å². The van der Waals surface area contributed by atoms with Crippen LogP contribution in [-0.2, 0) is 6.54 Å². The first-order valence-corrected chi connectivity index (χ1v) is 5.41. The van der Waals surface area contributed by atoms with E-state index in [0.717, 1.165) is 6.54 Å². The number of nitrogens with one attached hydrogen (secondary N) is 1. The predicted molar refractivity (Wildman–Crippen MR) is 60.4 cm³/mol. The van der Waals surface area contributed by atoms with Crippen molar-refractivity contribution >= 4 is 0 Å². The molecule has 1 heterocycles. The van der Waals surface area contributed by atoms with Gasteiger partial charge >= 0.3 is 0 Å². The Hall–Kier alpha value is -0.530. The highest BCUT2D eigenvalue weighted by Gasteiger charge is 2.25. The molecule has 1 aliphatic heterocycles. The van der Waals surface area contributed by atoms with Gasteiger partial charge in [-0.2, -0.15) is 0 Å². The van der Waals surface area contributed by atoms with Gasteiger partial charge in [-0.3, -0.25) is 0 Å². The van der Waals surface area contributed by atoms with Crippen LogP contribution in [0, 0.1) is 0 Å². The second-order valence-electron chi connectivity index (χ2n) is 5.04. The van der Waals surface area contributed by atoms with Crippen molar-refractivity contribution in [2.45, 2.75) is 45.2 Å². The lowest BCUT2D eigenvalue weighted by Crippen LogP contribution is -3.00. The largest absolute Gasteiger partial charge is 1.00 e. The summed E-state index contributed by atoms with van der Waals surface area (Å²) in [5.41, 5.74) is 3.24. The first-order valence-electron chi connectivity index (χ1n) is 5.41. The lowest BCUT2D eigenvalue weighted by atomic mass is 9.88. The van der Waals surface area contributed by atoms with Crippen LogP contribution in [0.4, 0.5) is 0 Å². The average Bonchev–Trinajstić information content (AvgIpc) is 2.24. The Kier molecular flexibility index (Phi) is 3.80. The number of rotatable bonds is 0. The molecule has 1 N–H and O–H groups in total. The minimum Gasteiger partial charge on any atom is -1.00 e. The molecule has 0 aromatic heterocycles. The number of hydrogen-bond acceptors (Lipinski definition) is 1. The van der Waals surface area contributed by atoms with Gasteiger partial charge in [0.05, 0.1) is 0 Å². The summed E-state index contributed by atoms with van der Waals surface area (Å²) in [6.45, 7) is 7.91. The molecule has 0 spiro atoms. The topological polar surface area (TPSA) is 12.0 Å².